The Hall–Kier alpha value is -1.71. The molecule has 1 heterocycles. The van der Waals surface area contributed by atoms with Crippen LogP contribution < -0.4 is 4.72 Å². The molecule has 0 bridgehead atoms. The van der Waals surface area contributed by atoms with E-state index in [1.54, 1.807) is 12.1 Å². The van der Waals surface area contributed by atoms with Crippen LogP contribution in [-0.2, 0) is 10.0 Å². The van der Waals surface area contributed by atoms with E-state index >= 15 is 0 Å². The minimum absolute atomic E-state index is 0.0928. The summed E-state index contributed by atoms with van der Waals surface area (Å²) in [7, 11) is -3.96. The van der Waals surface area contributed by atoms with Crippen molar-refractivity contribution in [3.05, 3.63) is 44.6 Å². The molecule has 0 aliphatic rings. The van der Waals surface area contributed by atoms with Gasteiger partial charge >= 0.3 is 5.97 Å². The van der Waals surface area contributed by atoms with Crippen molar-refractivity contribution >= 4 is 54.7 Å². The number of aromatic carboxylic acids is 1. The van der Waals surface area contributed by atoms with Gasteiger partial charge in [-0.05, 0) is 41.1 Å². The molecule has 0 aliphatic carbocycles. The van der Waals surface area contributed by atoms with Crippen molar-refractivity contribution in [2.45, 2.75) is 11.8 Å². The highest BCUT2D eigenvalue weighted by Crippen LogP contribution is 2.32. The summed E-state index contributed by atoms with van der Waals surface area (Å²) in [5.74, 6) is -1.39. The largest absolute Gasteiger partial charge is 0.477 e. The Balaban J connectivity index is 2.38. The van der Waals surface area contributed by atoms with Gasteiger partial charge in [0, 0.05) is 11.3 Å². The van der Waals surface area contributed by atoms with Gasteiger partial charge in [-0.25, -0.2) is 13.2 Å². The molecule has 0 atom stereocenters. The fraction of sp³-hybridized carbons (Fsp3) is 0.0769. The molecule has 2 rings (SSSR count). The first-order valence-corrected chi connectivity index (χ1v) is 8.96. The molecule has 0 saturated carbocycles. The number of carbonyl (C=O) groups excluding carboxylic acids is 1. The first kappa shape index (κ1) is 16.7. The molecule has 2 N–H and O–H groups in total. The lowest BCUT2D eigenvalue weighted by Gasteiger charge is -2.08. The summed E-state index contributed by atoms with van der Waals surface area (Å²) >= 11 is 3.87. The van der Waals surface area contributed by atoms with Crippen LogP contribution in [-0.4, -0.2) is 25.3 Å². The van der Waals surface area contributed by atoms with E-state index in [2.05, 4.69) is 20.7 Å². The van der Waals surface area contributed by atoms with Crippen LogP contribution in [0.1, 0.15) is 27.0 Å². The number of hydrogen-bond donors (Lipinski definition) is 2. The van der Waals surface area contributed by atoms with Gasteiger partial charge in [0.1, 0.15) is 9.77 Å². The van der Waals surface area contributed by atoms with E-state index in [1.165, 1.54) is 19.1 Å². The third kappa shape index (κ3) is 3.54. The van der Waals surface area contributed by atoms with Crippen LogP contribution in [0, 0.1) is 0 Å². The Morgan fingerprint density at radius 3 is 2.50 bits per heavy atom. The quantitative estimate of drug-likeness (QED) is 0.746. The molecule has 22 heavy (non-hydrogen) atoms. The lowest BCUT2D eigenvalue weighted by molar-refractivity contribution is 0.0701. The van der Waals surface area contributed by atoms with Gasteiger partial charge in [-0.3, -0.25) is 9.52 Å². The van der Waals surface area contributed by atoms with E-state index in [-0.39, 0.29) is 25.0 Å². The van der Waals surface area contributed by atoms with Crippen LogP contribution in [0.3, 0.4) is 0 Å². The topological polar surface area (TPSA) is 101 Å². The smallest absolute Gasteiger partial charge is 0.345 e. The highest BCUT2D eigenvalue weighted by atomic mass is 79.9. The normalized spacial score (nSPS) is 11.2. The Labute approximate surface area is 139 Å². The third-order valence-electron chi connectivity index (χ3n) is 2.68. The average Bonchev–Trinajstić information content (AvgIpc) is 2.81. The monoisotopic (exact) mass is 403 g/mol. The van der Waals surface area contributed by atoms with Crippen LogP contribution in [0.5, 0.6) is 0 Å². The van der Waals surface area contributed by atoms with Crippen molar-refractivity contribution in [3.8, 4) is 0 Å². The lowest BCUT2D eigenvalue weighted by Crippen LogP contribution is -2.13. The van der Waals surface area contributed by atoms with Crippen molar-refractivity contribution in [3.63, 3.8) is 0 Å². The molecule has 0 spiro atoms. The van der Waals surface area contributed by atoms with Crippen LogP contribution in [0.25, 0.3) is 0 Å². The van der Waals surface area contributed by atoms with Gasteiger partial charge in [-0.2, -0.15) is 0 Å². The summed E-state index contributed by atoms with van der Waals surface area (Å²) in [6, 6.07) is 7.12. The molecule has 0 radical (unpaired) electrons. The van der Waals surface area contributed by atoms with E-state index in [0.717, 1.165) is 17.4 Å². The van der Waals surface area contributed by atoms with E-state index in [1.807, 2.05) is 0 Å². The molecule has 9 heteroatoms. The van der Waals surface area contributed by atoms with E-state index < -0.39 is 16.0 Å². The predicted octanol–water partition coefficient (Wildman–Crippen LogP) is 3.21. The van der Waals surface area contributed by atoms with E-state index in [4.69, 9.17) is 5.11 Å². The molecule has 0 amide bonds. The number of nitrogens with one attached hydrogen (secondary N) is 1. The first-order chi connectivity index (χ1) is 10.2. The molecule has 0 saturated heterocycles. The molecular formula is C13H10BrNO5S2. The third-order valence-corrected chi connectivity index (χ3v) is 6.30. The SMILES string of the molecule is CC(=O)c1cccc(NS(=O)(=O)c2cc(C(=O)O)sc2Br)c1. The van der Waals surface area contributed by atoms with Crippen LogP contribution in [0.4, 0.5) is 5.69 Å². The van der Waals surface area contributed by atoms with E-state index in [0.29, 0.717) is 5.56 Å². The fourth-order valence-electron chi connectivity index (χ4n) is 1.65. The molecule has 6 nitrogen and oxygen atoms in total. The Morgan fingerprint density at radius 2 is 1.95 bits per heavy atom. The molecule has 1 aromatic heterocycles. The van der Waals surface area contributed by atoms with Gasteiger partial charge < -0.3 is 5.11 Å². The number of Topliss-reactive ketones (excluding diaryl/α,β-unsaturated/α-hetero) is 1. The number of sulfonamides is 1. The standard InChI is InChI=1S/C13H10BrNO5S2/c1-7(16)8-3-2-4-9(5-8)15-22(19,20)11-6-10(13(17)18)21-12(11)14/h2-6,15H,1H3,(H,17,18). The maximum Gasteiger partial charge on any atom is 0.345 e. The minimum Gasteiger partial charge on any atom is -0.477 e. The molecule has 0 aliphatic heterocycles. The van der Waals surface area contributed by atoms with Gasteiger partial charge in [-0.15, -0.1) is 11.3 Å². The Morgan fingerprint density at radius 1 is 1.27 bits per heavy atom. The highest BCUT2D eigenvalue weighted by Gasteiger charge is 2.23. The van der Waals surface area contributed by atoms with Crippen molar-refractivity contribution < 1.29 is 23.1 Å². The summed E-state index contributed by atoms with van der Waals surface area (Å²) in [5, 5.41) is 8.91. The van der Waals surface area contributed by atoms with Gasteiger partial charge in [-0.1, -0.05) is 12.1 Å². The molecule has 2 aromatic rings. The zero-order valence-electron chi connectivity index (χ0n) is 11.2. The number of carbonyl (C=O) groups is 2. The van der Waals surface area contributed by atoms with E-state index in [9.17, 15) is 18.0 Å². The number of halogens is 1. The van der Waals surface area contributed by atoms with Crippen LogP contribution in [0.2, 0.25) is 0 Å². The summed E-state index contributed by atoms with van der Waals surface area (Å²) in [5.41, 5.74) is 0.596. The minimum atomic E-state index is -3.96. The second kappa shape index (κ2) is 6.19. The van der Waals surface area contributed by atoms with Crippen LogP contribution in [0.15, 0.2) is 39.0 Å². The predicted molar refractivity (Wildman–Crippen MR) is 86.2 cm³/mol. The molecule has 116 valence electrons. The molecular weight excluding hydrogens is 394 g/mol. The summed E-state index contributed by atoms with van der Waals surface area (Å²) in [4.78, 5) is 22.0. The second-order valence-electron chi connectivity index (χ2n) is 4.30. The number of benzene rings is 1. The second-order valence-corrected chi connectivity index (χ2v) is 8.32. The van der Waals surface area contributed by atoms with Gasteiger partial charge in [0.25, 0.3) is 10.0 Å². The summed E-state index contributed by atoms with van der Waals surface area (Å²) < 4.78 is 27.2. The summed E-state index contributed by atoms with van der Waals surface area (Å²) in [6.45, 7) is 1.38. The van der Waals surface area contributed by atoms with Gasteiger partial charge in [0.05, 0.1) is 3.79 Å². The number of hydrogen-bond acceptors (Lipinski definition) is 5. The molecule has 0 fully saturated rings. The Kier molecular flexibility index (Phi) is 4.69. The van der Waals surface area contributed by atoms with Crippen LogP contribution >= 0.6 is 27.3 Å². The maximum absolute atomic E-state index is 12.3. The first-order valence-electron chi connectivity index (χ1n) is 5.87. The number of thiophene rings is 1. The number of rotatable bonds is 5. The molecule has 1 aromatic carbocycles. The summed E-state index contributed by atoms with van der Waals surface area (Å²) in [6.07, 6.45) is 0. The number of carboxylic acid groups (broad SMARTS) is 1. The fourth-order valence-corrected chi connectivity index (χ4v) is 5.11. The zero-order valence-corrected chi connectivity index (χ0v) is 14.4. The van der Waals surface area contributed by atoms with Gasteiger partial charge in [0.2, 0.25) is 0 Å². The van der Waals surface area contributed by atoms with Crippen molar-refractivity contribution in [1.82, 2.24) is 0 Å². The number of anilines is 1. The van der Waals surface area contributed by atoms with Crippen molar-refractivity contribution in [1.29, 1.82) is 0 Å². The zero-order chi connectivity index (χ0) is 16.5. The van der Waals surface area contributed by atoms with Gasteiger partial charge in [0.15, 0.2) is 5.78 Å². The number of carboxylic acids is 1. The van der Waals surface area contributed by atoms with Crippen molar-refractivity contribution in [2.75, 3.05) is 4.72 Å². The number of ketones is 1. The average molecular weight is 404 g/mol. The lowest BCUT2D eigenvalue weighted by atomic mass is 10.1. The Bertz CT molecular complexity index is 857. The molecule has 0 unspecified atom stereocenters. The highest BCUT2D eigenvalue weighted by molar-refractivity contribution is 9.11. The van der Waals surface area contributed by atoms with Crippen molar-refractivity contribution in [2.24, 2.45) is 0 Å². The maximum atomic E-state index is 12.3.